The van der Waals surface area contributed by atoms with Crippen LogP contribution >= 0.6 is 0 Å². The lowest BCUT2D eigenvalue weighted by molar-refractivity contribution is -0.262. The van der Waals surface area contributed by atoms with E-state index >= 15 is 0 Å². The first-order chi connectivity index (χ1) is 12.0. The van der Waals surface area contributed by atoms with Gasteiger partial charge < -0.3 is 28.6 Å². The van der Waals surface area contributed by atoms with Crippen LogP contribution in [-0.2, 0) is 26.1 Å². The monoisotopic (exact) mass is 352 g/mol. The zero-order valence-corrected chi connectivity index (χ0v) is 14.6. The Hall–Kier alpha value is -1.97. The van der Waals surface area contributed by atoms with E-state index in [1.54, 1.807) is 33.8 Å². The molecule has 1 aromatic rings. The predicted octanol–water partition coefficient (Wildman–Crippen LogP) is -0.516. The maximum absolute atomic E-state index is 12.8. The molecule has 0 N–H and O–H groups in total. The van der Waals surface area contributed by atoms with Crippen molar-refractivity contribution in [2.45, 2.75) is 12.2 Å². The van der Waals surface area contributed by atoms with Gasteiger partial charge in [-0.1, -0.05) is 0 Å². The fraction of sp³-hybridized carbons (Fsp3) is 0.688. The molecule has 0 aliphatic carbocycles. The molecule has 0 saturated carbocycles. The summed E-state index contributed by atoms with van der Waals surface area (Å²) in [6.07, 6.45) is 4.03. The number of amides is 2. The maximum Gasteiger partial charge on any atom is 0.290 e. The van der Waals surface area contributed by atoms with Crippen LogP contribution in [0, 0.1) is 0 Å². The molecule has 0 bridgehead atoms. The van der Waals surface area contributed by atoms with Crippen LogP contribution in [0.1, 0.15) is 17.0 Å². The smallest absolute Gasteiger partial charge is 0.290 e. The second-order valence-electron chi connectivity index (χ2n) is 6.30. The third-order valence-electron chi connectivity index (χ3n) is 4.45. The van der Waals surface area contributed by atoms with E-state index in [4.69, 9.17) is 14.2 Å². The van der Waals surface area contributed by atoms with E-state index in [1.807, 2.05) is 0 Å². The number of rotatable bonds is 3. The average molecular weight is 352 g/mol. The van der Waals surface area contributed by atoms with Crippen molar-refractivity contribution < 1.29 is 23.8 Å². The first-order valence-electron chi connectivity index (χ1n) is 8.36. The van der Waals surface area contributed by atoms with E-state index in [2.05, 4.69) is 4.98 Å². The summed E-state index contributed by atoms with van der Waals surface area (Å²) in [4.78, 5) is 32.5. The van der Waals surface area contributed by atoms with Crippen LogP contribution in [0.3, 0.4) is 0 Å². The number of morpholine rings is 1. The summed E-state index contributed by atoms with van der Waals surface area (Å²) in [5.74, 6) is -0.902. The zero-order chi connectivity index (χ0) is 17.9. The van der Waals surface area contributed by atoms with Gasteiger partial charge in [0.25, 0.3) is 5.91 Å². The van der Waals surface area contributed by atoms with Crippen LogP contribution < -0.4 is 0 Å². The second kappa shape index (κ2) is 7.51. The van der Waals surface area contributed by atoms with Crippen molar-refractivity contribution >= 4 is 11.8 Å². The lowest BCUT2D eigenvalue weighted by Crippen LogP contribution is -2.60. The Morgan fingerprint density at radius 1 is 1.24 bits per heavy atom. The van der Waals surface area contributed by atoms with Gasteiger partial charge in [-0.15, -0.1) is 0 Å². The molecule has 9 nitrogen and oxygen atoms in total. The summed E-state index contributed by atoms with van der Waals surface area (Å²) in [7, 11) is 3.27. The van der Waals surface area contributed by atoms with Crippen LogP contribution in [0.15, 0.2) is 12.4 Å². The molecule has 138 valence electrons. The third-order valence-corrected chi connectivity index (χ3v) is 4.45. The molecule has 9 heteroatoms. The Bertz CT molecular complexity index is 634. The number of aromatic nitrogens is 2. The first-order valence-corrected chi connectivity index (χ1v) is 8.36. The van der Waals surface area contributed by atoms with Crippen LogP contribution in [0.25, 0.3) is 0 Å². The molecule has 2 fully saturated rings. The molecule has 2 aliphatic heterocycles. The van der Waals surface area contributed by atoms with Crippen molar-refractivity contribution in [3.63, 3.8) is 0 Å². The van der Waals surface area contributed by atoms with Gasteiger partial charge in [-0.2, -0.15) is 0 Å². The van der Waals surface area contributed by atoms with Crippen molar-refractivity contribution in [1.29, 1.82) is 0 Å². The predicted molar refractivity (Wildman–Crippen MR) is 86.8 cm³/mol. The lowest BCUT2D eigenvalue weighted by Gasteiger charge is -2.43. The summed E-state index contributed by atoms with van der Waals surface area (Å²) in [6, 6.07) is 0. The molecule has 2 saturated heterocycles. The Balaban J connectivity index is 1.75. The molecule has 0 aromatic carbocycles. The fourth-order valence-electron chi connectivity index (χ4n) is 3.18. The molecule has 0 radical (unpaired) electrons. The molecular weight excluding hydrogens is 328 g/mol. The van der Waals surface area contributed by atoms with Crippen molar-refractivity contribution in [1.82, 2.24) is 19.4 Å². The number of ether oxygens (including phenoxy) is 3. The highest BCUT2D eigenvalue weighted by molar-refractivity contribution is 5.90. The van der Waals surface area contributed by atoms with Crippen molar-refractivity contribution in [2.75, 3.05) is 53.1 Å². The van der Waals surface area contributed by atoms with Gasteiger partial charge in [-0.05, 0) is 6.42 Å². The third kappa shape index (κ3) is 3.83. The van der Waals surface area contributed by atoms with Gasteiger partial charge in [-0.25, -0.2) is 4.98 Å². The van der Waals surface area contributed by atoms with E-state index in [0.717, 1.165) is 0 Å². The normalized spacial score (nSPS) is 24.4. The Morgan fingerprint density at radius 3 is 2.72 bits per heavy atom. The molecule has 1 spiro atoms. The van der Waals surface area contributed by atoms with Crippen LogP contribution in [-0.4, -0.2) is 90.1 Å². The maximum atomic E-state index is 12.8. The SMILES string of the molecule is COCC(=O)N1CCOC2(C1)CN(C(=O)c1nccn1C)CCCO2. The highest BCUT2D eigenvalue weighted by Gasteiger charge is 2.43. The molecule has 3 rings (SSSR count). The number of nitrogens with zero attached hydrogens (tertiary/aromatic N) is 4. The topological polar surface area (TPSA) is 86.1 Å². The zero-order valence-electron chi connectivity index (χ0n) is 14.6. The molecule has 1 unspecified atom stereocenters. The minimum absolute atomic E-state index is 0.0198. The summed E-state index contributed by atoms with van der Waals surface area (Å²) in [5.41, 5.74) is 0. The van der Waals surface area contributed by atoms with E-state index in [9.17, 15) is 9.59 Å². The first kappa shape index (κ1) is 17.8. The molecule has 2 amide bonds. The van der Waals surface area contributed by atoms with E-state index in [0.29, 0.717) is 38.5 Å². The molecule has 2 aliphatic rings. The number of aryl methyl sites for hydroxylation is 1. The van der Waals surface area contributed by atoms with Gasteiger partial charge in [-0.3, -0.25) is 9.59 Å². The number of hydrogen-bond donors (Lipinski definition) is 0. The average Bonchev–Trinajstić information content (AvgIpc) is 2.93. The lowest BCUT2D eigenvalue weighted by atomic mass is 10.2. The molecular formula is C16H24N4O5. The minimum Gasteiger partial charge on any atom is -0.375 e. The van der Waals surface area contributed by atoms with Crippen molar-refractivity contribution in [2.24, 2.45) is 7.05 Å². The summed E-state index contributed by atoms with van der Waals surface area (Å²) in [5, 5.41) is 0. The molecule has 1 atom stereocenters. The van der Waals surface area contributed by atoms with E-state index in [1.165, 1.54) is 7.11 Å². The van der Waals surface area contributed by atoms with Gasteiger partial charge in [0.15, 0.2) is 5.82 Å². The number of hydrogen-bond acceptors (Lipinski definition) is 6. The van der Waals surface area contributed by atoms with Crippen LogP contribution in [0.5, 0.6) is 0 Å². The van der Waals surface area contributed by atoms with Gasteiger partial charge in [0.1, 0.15) is 6.61 Å². The van der Waals surface area contributed by atoms with E-state index < -0.39 is 5.79 Å². The number of methoxy groups -OCH3 is 1. The molecule has 25 heavy (non-hydrogen) atoms. The Morgan fingerprint density at radius 2 is 2.00 bits per heavy atom. The number of carbonyl (C=O) groups is 2. The largest absolute Gasteiger partial charge is 0.375 e. The van der Waals surface area contributed by atoms with Gasteiger partial charge in [0, 0.05) is 39.6 Å². The molecule has 3 heterocycles. The molecule has 1 aromatic heterocycles. The van der Waals surface area contributed by atoms with Gasteiger partial charge in [0.2, 0.25) is 11.7 Å². The Kier molecular flexibility index (Phi) is 5.36. The standard InChI is InChI=1S/C16H24N4O5/c1-18-6-4-17-14(18)15(22)20-5-3-8-24-16(12-20)11-19(7-9-25-16)13(21)10-23-2/h4,6H,3,5,7-12H2,1-2H3. The van der Waals surface area contributed by atoms with Gasteiger partial charge >= 0.3 is 0 Å². The highest BCUT2D eigenvalue weighted by Crippen LogP contribution is 2.25. The highest BCUT2D eigenvalue weighted by atomic mass is 16.7. The summed E-state index contributed by atoms with van der Waals surface area (Å²) in [6.45, 7) is 2.43. The van der Waals surface area contributed by atoms with Gasteiger partial charge in [0.05, 0.1) is 26.3 Å². The quantitative estimate of drug-likeness (QED) is 0.728. The van der Waals surface area contributed by atoms with Crippen LogP contribution in [0.4, 0.5) is 0 Å². The number of carbonyl (C=O) groups excluding carboxylic acids is 2. The summed E-state index contributed by atoms with van der Waals surface area (Å²) < 4.78 is 18.5. The summed E-state index contributed by atoms with van der Waals surface area (Å²) >= 11 is 0. The van der Waals surface area contributed by atoms with E-state index in [-0.39, 0.29) is 31.5 Å². The van der Waals surface area contributed by atoms with Crippen molar-refractivity contribution in [3.05, 3.63) is 18.2 Å². The second-order valence-corrected chi connectivity index (χ2v) is 6.30. The van der Waals surface area contributed by atoms with Crippen LogP contribution in [0.2, 0.25) is 0 Å². The minimum atomic E-state index is -1.00. The Labute approximate surface area is 146 Å². The number of imidazole rings is 1. The fourth-order valence-corrected chi connectivity index (χ4v) is 3.18. The van der Waals surface area contributed by atoms with Crippen molar-refractivity contribution in [3.8, 4) is 0 Å².